The Morgan fingerprint density at radius 1 is 0.682 bits per heavy atom. The van der Waals surface area contributed by atoms with Crippen LogP contribution in [0.3, 0.4) is 0 Å². The van der Waals surface area contributed by atoms with Crippen molar-refractivity contribution in [2.75, 3.05) is 0 Å². The van der Waals surface area contributed by atoms with E-state index in [1.165, 1.54) is 0 Å². The molecule has 2 nitrogen and oxygen atoms in total. The minimum absolute atomic E-state index is 0.356. The molecule has 1 heterocycles. The Hall–Kier alpha value is -1.61. The predicted molar refractivity (Wildman–Crippen MR) is 92.1 cm³/mol. The largest absolute Gasteiger partial charge is 0.237 e. The third-order valence-corrected chi connectivity index (χ3v) is 3.78. The van der Waals surface area contributed by atoms with E-state index < -0.39 is 3.79 Å². The zero-order chi connectivity index (χ0) is 15.6. The van der Waals surface area contributed by atoms with E-state index in [0.717, 1.165) is 16.7 Å². The SMILES string of the molecule is ClC(Cl)(Cl)c1ccnc(-c2ccc(-c3ccccc3)cc2)n1. The van der Waals surface area contributed by atoms with Crippen LogP contribution in [0.5, 0.6) is 0 Å². The summed E-state index contributed by atoms with van der Waals surface area (Å²) in [6.45, 7) is 0. The Morgan fingerprint density at radius 3 is 1.91 bits per heavy atom. The zero-order valence-corrected chi connectivity index (χ0v) is 13.6. The minimum Gasteiger partial charge on any atom is -0.237 e. The van der Waals surface area contributed by atoms with Crippen LogP contribution in [0.2, 0.25) is 0 Å². The second-order valence-electron chi connectivity index (χ2n) is 4.71. The molecular weight excluding hydrogens is 339 g/mol. The van der Waals surface area contributed by atoms with E-state index in [1.807, 2.05) is 42.5 Å². The molecule has 0 aliphatic carbocycles. The van der Waals surface area contributed by atoms with Gasteiger partial charge < -0.3 is 0 Å². The van der Waals surface area contributed by atoms with Crippen LogP contribution >= 0.6 is 34.8 Å². The first-order valence-corrected chi connectivity index (χ1v) is 7.73. The van der Waals surface area contributed by atoms with E-state index in [-0.39, 0.29) is 0 Å². The van der Waals surface area contributed by atoms with Gasteiger partial charge in [0.25, 0.3) is 0 Å². The quantitative estimate of drug-likeness (QED) is 0.560. The van der Waals surface area contributed by atoms with Crippen molar-refractivity contribution in [2.45, 2.75) is 3.79 Å². The second kappa shape index (κ2) is 6.25. The average molecular weight is 350 g/mol. The van der Waals surface area contributed by atoms with Gasteiger partial charge in [0.2, 0.25) is 3.79 Å². The summed E-state index contributed by atoms with van der Waals surface area (Å²) >= 11 is 17.6. The van der Waals surface area contributed by atoms with E-state index in [2.05, 4.69) is 22.1 Å². The van der Waals surface area contributed by atoms with Gasteiger partial charge in [0.15, 0.2) is 5.82 Å². The highest BCUT2D eigenvalue weighted by Crippen LogP contribution is 2.37. The summed E-state index contributed by atoms with van der Waals surface area (Å²) in [4.78, 5) is 8.55. The number of hydrogen-bond acceptors (Lipinski definition) is 2. The van der Waals surface area contributed by atoms with Crippen molar-refractivity contribution in [3.63, 3.8) is 0 Å². The van der Waals surface area contributed by atoms with E-state index >= 15 is 0 Å². The van der Waals surface area contributed by atoms with Gasteiger partial charge in [-0.25, -0.2) is 9.97 Å². The molecule has 1 aromatic heterocycles. The molecule has 0 amide bonds. The van der Waals surface area contributed by atoms with Crippen molar-refractivity contribution in [1.29, 1.82) is 0 Å². The van der Waals surface area contributed by atoms with Crippen molar-refractivity contribution < 1.29 is 0 Å². The normalized spacial score (nSPS) is 11.4. The Labute approximate surface area is 143 Å². The highest BCUT2D eigenvalue weighted by Gasteiger charge is 2.25. The van der Waals surface area contributed by atoms with E-state index in [1.54, 1.807) is 12.3 Å². The van der Waals surface area contributed by atoms with Crippen molar-refractivity contribution in [3.05, 3.63) is 72.6 Å². The molecule has 22 heavy (non-hydrogen) atoms. The molecule has 110 valence electrons. The molecule has 0 aliphatic rings. The summed E-state index contributed by atoms with van der Waals surface area (Å²) in [5.41, 5.74) is 3.51. The summed E-state index contributed by atoms with van der Waals surface area (Å²) in [5.74, 6) is 0.531. The Morgan fingerprint density at radius 2 is 1.27 bits per heavy atom. The van der Waals surface area contributed by atoms with Gasteiger partial charge in [-0.2, -0.15) is 0 Å². The lowest BCUT2D eigenvalue weighted by atomic mass is 10.0. The Balaban J connectivity index is 1.94. The van der Waals surface area contributed by atoms with Crippen LogP contribution in [0.25, 0.3) is 22.5 Å². The number of benzene rings is 2. The predicted octanol–water partition coefficient (Wildman–Crippen LogP) is 5.64. The van der Waals surface area contributed by atoms with E-state index in [9.17, 15) is 0 Å². The smallest absolute Gasteiger partial charge is 0.232 e. The van der Waals surface area contributed by atoms with Crippen molar-refractivity contribution in [1.82, 2.24) is 9.97 Å². The van der Waals surface area contributed by atoms with Crippen molar-refractivity contribution in [3.8, 4) is 22.5 Å². The van der Waals surface area contributed by atoms with E-state index in [4.69, 9.17) is 34.8 Å². The summed E-state index contributed by atoms with van der Waals surface area (Å²) < 4.78 is -1.55. The van der Waals surface area contributed by atoms with Gasteiger partial charge in [-0.05, 0) is 17.2 Å². The number of nitrogens with zero attached hydrogens (tertiary/aromatic N) is 2. The van der Waals surface area contributed by atoms with Crippen LogP contribution in [-0.4, -0.2) is 9.97 Å². The third kappa shape index (κ3) is 3.41. The fourth-order valence-corrected chi connectivity index (χ4v) is 2.41. The van der Waals surface area contributed by atoms with Crippen molar-refractivity contribution >= 4 is 34.8 Å². The molecule has 0 unspecified atom stereocenters. The van der Waals surface area contributed by atoms with Crippen LogP contribution in [0.15, 0.2) is 66.9 Å². The molecule has 0 aliphatic heterocycles. The molecule has 0 saturated heterocycles. The highest BCUT2D eigenvalue weighted by molar-refractivity contribution is 6.66. The molecule has 5 heteroatoms. The number of rotatable bonds is 2. The maximum atomic E-state index is 5.86. The monoisotopic (exact) mass is 348 g/mol. The van der Waals surface area contributed by atoms with E-state index in [0.29, 0.717) is 11.5 Å². The first-order chi connectivity index (χ1) is 10.5. The van der Waals surface area contributed by atoms with Gasteiger partial charge >= 0.3 is 0 Å². The van der Waals surface area contributed by atoms with Gasteiger partial charge in [-0.15, -0.1) is 0 Å². The molecule has 0 saturated carbocycles. The van der Waals surface area contributed by atoms with Crippen molar-refractivity contribution in [2.24, 2.45) is 0 Å². The standard InChI is InChI=1S/C17H11Cl3N2/c18-17(19,20)15-10-11-21-16(22-15)14-8-6-13(7-9-14)12-4-2-1-3-5-12/h1-11H. The van der Waals surface area contributed by atoms with Gasteiger partial charge in [0, 0.05) is 11.8 Å². The first kappa shape index (κ1) is 15.3. The van der Waals surface area contributed by atoms with Gasteiger partial charge in [-0.3, -0.25) is 0 Å². The zero-order valence-electron chi connectivity index (χ0n) is 11.4. The molecule has 0 spiro atoms. The molecule has 2 aromatic carbocycles. The molecule has 0 N–H and O–H groups in total. The molecule has 0 fully saturated rings. The van der Waals surface area contributed by atoms with Gasteiger partial charge in [-0.1, -0.05) is 89.4 Å². The average Bonchev–Trinajstić information content (AvgIpc) is 2.55. The molecular formula is C17H11Cl3N2. The number of aromatic nitrogens is 2. The summed E-state index contributed by atoms with van der Waals surface area (Å²) in [7, 11) is 0. The number of halogens is 3. The van der Waals surface area contributed by atoms with Gasteiger partial charge in [0.1, 0.15) is 0 Å². The van der Waals surface area contributed by atoms with Crippen LogP contribution < -0.4 is 0 Å². The molecule has 3 rings (SSSR count). The number of hydrogen-bond donors (Lipinski definition) is 0. The molecule has 3 aromatic rings. The molecule has 0 radical (unpaired) electrons. The van der Waals surface area contributed by atoms with Crippen LogP contribution in [0, 0.1) is 0 Å². The van der Waals surface area contributed by atoms with Crippen LogP contribution in [0.4, 0.5) is 0 Å². The summed E-state index contributed by atoms with van der Waals surface area (Å²) in [6, 6.07) is 19.7. The Bertz CT molecular complexity index is 766. The molecule has 0 atom stereocenters. The maximum absolute atomic E-state index is 5.86. The molecule has 0 bridgehead atoms. The third-order valence-electron chi connectivity index (χ3n) is 3.20. The highest BCUT2D eigenvalue weighted by atomic mass is 35.6. The van der Waals surface area contributed by atoms with Gasteiger partial charge in [0.05, 0.1) is 5.69 Å². The summed E-state index contributed by atoms with van der Waals surface area (Å²) in [5, 5.41) is 0. The number of alkyl halides is 3. The van der Waals surface area contributed by atoms with Crippen LogP contribution in [-0.2, 0) is 3.79 Å². The summed E-state index contributed by atoms with van der Waals surface area (Å²) in [6.07, 6.45) is 1.59. The fraction of sp³-hybridized carbons (Fsp3) is 0.0588. The minimum atomic E-state index is -1.55. The topological polar surface area (TPSA) is 25.8 Å². The lowest BCUT2D eigenvalue weighted by Gasteiger charge is -2.11. The maximum Gasteiger partial charge on any atom is 0.232 e. The lowest BCUT2D eigenvalue weighted by molar-refractivity contribution is 1.04. The Kier molecular flexibility index (Phi) is 4.34. The lowest BCUT2D eigenvalue weighted by Crippen LogP contribution is -2.05. The first-order valence-electron chi connectivity index (χ1n) is 6.60. The second-order valence-corrected chi connectivity index (χ2v) is 6.99. The fourth-order valence-electron chi connectivity index (χ4n) is 2.10. The van der Waals surface area contributed by atoms with Crippen LogP contribution in [0.1, 0.15) is 5.69 Å².